The molecule has 1 aliphatic rings. The second kappa shape index (κ2) is 7.26. The Hall–Kier alpha value is -3.35. The first-order valence-corrected chi connectivity index (χ1v) is 7.87. The third-order valence-corrected chi connectivity index (χ3v) is 3.91. The molecule has 2 amide bonds. The molecule has 2 aromatic carbocycles. The summed E-state index contributed by atoms with van der Waals surface area (Å²) >= 11 is 0. The first-order valence-electron chi connectivity index (χ1n) is 7.87. The van der Waals surface area contributed by atoms with Gasteiger partial charge in [0.05, 0.1) is 11.3 Å². The van der Waals surface area contributed by atoms with E-state index in [0.717, 1.165) is 17.0 Å². The highest BCUT2D eigenvalue weighted by Crippen LogP contribution is 2.23. The van der Waals surface area contributed by atoms with E-state index in [1.165, 1.54) is 36.4 Å². The van der Waals surface area contributed by atoms with E-state index in [1.807, 2.05) is 0 Å². The van der Waals surface area contributed by atoms with Gasteiger partial charge in [-0.2, -0.15) is 0 Å². The molecule has 1 fully saturated rings. The molecule has 0 bridgehead atoms. The summed E-state index contributed by atoms with van der Waals surface area (Å²) < 4.78 is 17.8. The number of esters is 1. The number of carbonyl (C=O) groups excluding carboxylic acids is 4. The molecule has 0 aliphatic carbocycles. The molecule has 0 atom stereocenters. The Bertz CT molecular complexity index is 858. The van der Waals surface area contributed by atoms with E-state index in [-0.39, 0.29) is 35.8 Å². The van der Waals surface area contributed by atoms with Crippen LogP contribution < -0.4 is 4.90 Å². The summed E-state index contributed by atoms with van der Waals surface area (Å²) in [5.74, 6) is -2.20. The highest BCUT2D eigenvalue weighted by Gasteiger charge is 2.30. The molecule has 0 spiro atoms. The van der Waals surface area contributed by atoms with Crippen LogP contribution in [0.3, 0.4) is 0 Å². The molecule has 0 radical (unpaired) electrons. The van der Waals surface area contributed by atoms with Gasteiger partial charge in [-0.15, -0.1) is 0 Å². The van der Waals surface area contributed by atoms with E-state index in [1.54, 1.807) is 0 Å². The second-order valence-electron chi connectivity index (χ2n) is 5.68. The van der Waals surface area contributed by atoms with Crippen molar-refractivity contribution >= 4 is 29.3 Å². The Morgan fingerprint density at radius 1 is 0.885 bits per heavy atom. The molecule has 0 unspecified atom stereocenters. The molecule has 0 saturated carbocycles. The molecular weight excluding hydrogens is 341 g/mol. The van der Waals surface area contributed by atoms with Gasteiger partial charge in [-0.05, 0) is 48.5 Å². The number of hydrogen-bond donors (Lipinski definition) is 0. The Balaban J connectivity index is 1.61. The molecule has 6 nitrogen and oxygen atoms in total. The van der Waals surface area contributed by atoms with Crippen LogP contribution in [0.15, 0.2) is 48.5 Å². The van der Waals surface area contributed by atoms with Crippen LogP contribution in [0.5, 0.6) is 0 Å². The zero-order chi connectivity index (χ0) is 18.7. The topological polar surface area (TPSA) is 80.8 Å². The maximum atomic E-state index is 12.8. The quantitative estimate of drug-likeness (QED) is 0.468. The van der Waals surface area contributed by atoms with Crippen molar-refractivity contribution in [3.05, 3.63) is 65.5 Å². The van der Waals surface area contributed by atoms with Crippen LogP contribution in [-0.4, -0.2) is 30.2 Å². The molecule has 7 heteroatoms. The fourth-order valence-corrected chi connectivity index (χ4v) is 2.54. The van der Waals surface area contributed by atoms with Gasteiger partial charge in [-0.1, -0.05) is 0 Å². The van der Waals surface area contributed by atoms with Crippen molar-refractivity contribution in [2.24, 2.45) is 0 Å². The molecule has 1 heterocycles. The van der Waals surface area contributed by atoms with Crippen molar-refractivity contribution in [2.45, 2.75) is 12.8 Å². The highest BCUT2D eigenvalue weighted by atomic mass is 19.1. The van der Waals surface area contributed by atoms with Crippen molar-refractivity contribution in [1.82, 2.24) is 0 Å². The average Bonchev–Trinajstić information content (AvgIpc) is 2.98. The van der Waals surface area contributed by atoms with Crippen molar-refractivity contribution in [3.63, 3.8) is 0 Å². The van der Waals surface area contributed by atoms with Crippen LogP contribution in [0.2, 0.25) is 0 Å². The van der Waals surface area contributed by atoms with E-state index < -0.39 is 24.2 Å². The molecule has 3 rings (SSSR count). The Labute approximate surface area is 148 Å². The van der Waals surface area contributed by atoms with Gasteiger partial charge in [0.15, 0.2) is 12.4 Å². The SMILES string of the molecule is O=C(COC(=O)c1ccc(N2C(=O)CCC2=O)cc1)c1ccc(F)cc1. The predicted molar refractivity (Wildman–Crippen MR) is 89.2 cm³/mol. The molecule has 2 aromatic rings. The molecule has 1 aliphatic heterocycles. The van der Waals surface area contributed by atoms with Crippen LogP contribution in [0.1, 0.15) is 33.6 Å². The van der Waals surface area contributed by atoms with Crippen LogP contribution in [0, 0.1) is 5.82 Å². The van der Waals surface area contributed by atoms with Crippen LogP contribution in [0.25, 0.3) is 0 Å². The standard InChI is InChI=1S/C19H14FNO5/c20-14-5-1-12(2-6-14)16(22)11-26-19(25)13-3-7-15(8-4-13)21-17(23)9-10-18(21)24/h1-8H,9-11H2. The van der Waals surface area contributed by atoms with Gasteiger partial charge in [-0.25, -0.2) is 9.18 Å². The lowest BCUT2D eigenvalue weighted by molar-refractivity contribution is -0.121. The van der Waals surface area contributed by atoms with Gasteiger partial charge >= 0.3 is 5.97 Å². The maximum absolute atomic E-state index is 12.8. The van der Waals surface area contributed by atoms with Crippen LogP contribution >= 0.6 is 0 Å². The van der Waals surface area contributed by atoms with Gasteiger partial charge in [-0.3, -0.25) is 19.3 Å². The van der Waals surface area contributed by atoms with Gasteiger partial charge in [0, 0.05) is 18.4 Å². The summed E-state index contributed by atoms with van der Waals surface area (Å²) in [5.41, 5.74) is 0.803. The van der Waals surface area contributed by atoms with Crippen LogP contribution in [0.4, 0.5) is 10.1 Å². The number of imide groups is 1. The first kappa shape index (κ1) is 17.5. The molecule has 0 N–H and O–H groups in total. The summed E-state index contributed by atoms with van der Waals surface area (Å²) in [5, 5.41) is 0. The Kier molecular flexibility index (Phi) is 4.88. The lowest BCUT2D eigenvalue weighted by Crippen LogP contribution is -2.28. The fraction of sp³-hybridized carbons (Fsp3) is 0.158. The summed E-state index contributed by atoms with van der Waals surface area (Å²) in [4.78, 5) is 48.4. The first-order chi connectivity index (χ1) is 12.5. The van der Waals surface area contributed by atoms with Crippen molar-refractivity contribution in [1.29, 1.82) is 0 Å². The predicted octanol–water partition coefficient (Wildman–Crippen LogP) is 2.52. The molecule has 1 saturated heterocycles. The average molecular weight is 355 g/mol. The monoisotopic (exact) mass is 355 g/mol. The lowest BCUT2D eigenvalue weighted by Gasteiger charge is -2.14. The number of halogens is 1. The largest absolute Gasteiger partial charge is 0.454 e. The number of nitrogens with zero attached hydrogens (tertiary/aromatic N) is 1. The van der Waals surface area contributed by atoms with Crippen molar-refractivity contribution < 1.29 is 28.3 Å². The van der Waals surface area contributed by atoms with Gasteiger partial charge in [0.25, 0.3) is 0 Å². The van der Waals surface area contributed by atoms with E-state index in [2.05, 4.69) is 0 Å². The van der Waals surface area contributed by atoms with Crippen LogP contribution in [-0.2, 0) is 14.3 Å². The van der Waals surface area contributed by atoms with Crippen molar-refractivity contribution in [3.8, 4) is 0 Å². The number of anilines is 1. The molecule has 132 valence electrons. The van der Waals surface area contributed by atoms with Gasteiger partial charge < -0.3 is 4.74 Å². The van der Waals surface area contributed by atoms with E-state index in [9.17, 15) is 23.6 Å². The minimum atomic E-state index is -0.717. The number of carbonyl (C=O) groups is 4. The number of rotatable bonds is 5. The number of Topliss-reactive ketones (excluding diaryl/α,β-unsaturated/α-hetero) is 1. The zero-order valence-electron chi connectivity index (χ0n) is 13.6. The summed E-state index contributed by atoms with van der Waals surface area (Å²) in [6.45, 7) is -0.477. The summed E-state index contributed by atoms with van der Waals surface area (Å²) in [6, 6.07) is 10.7. The third-order valence-electron chi connectivity index (χ3n) is 3.91. The molecule has 26 heavy (non-hydrogen) atoms. The van der Waals surface area contributed by atoms with Gasteiger partial charge in [0.2, 0.25) is 11.8 Å². The number of ether oxygens (including phenoxy) is 1. The second-order valence-corrected chi connectivity index (χ2v) is 5.68. The minimum absolute atomic E-state index is 0.175. The van der Waals surface area contributed by atoms with E-state index in [0.29, 0.717) is 5.69 Å². The fourth-order valence-electron chi connectivity index (χ4n) is 2.54. The number of hydrogen-bond acceptors (Lipinski definition) is 5. The minimum Gasteiger partial charge on any atom is -0.454 e. The zero-order valence-corrected chi connectivity index (χ0v) is 13.6. The van der Waals surface area contributed by atoms with Gasteiger partial charge in [0.1, 0.15) is 5.82 Å². The normalized spacial score (nSPS) is 13.8. The van der Waals surface area contributed by atoms with E-state index >= 15 is 0 Å². The number of benzene rings is 2. The van der Waals surface area contributed by atoms with E-state index in [4.69, 9.17) is 4.74 Å². The highest BCUT2D eigenvalue weighted by molar-refractivity contribution is 6.19. The Morgan fingerprint density at radius 2 is 1.42 bits per heavy atom. The smallest absolute Gasteiger partial charge is 0.338 e. The summed E-state index contributed by atoms with van der Waals surface area (Å²) in [6.07, 6.45) is 0.349. The number of ketones is 1. The Morgan fingerprint density at radius 3 is 2.00 bits per heavy atom. The molecule has 0 aromatic heterocycles. The lowest BCUT2D eigenvalue weighted by atomic mass is 10.1. The summed E-state index contributed by atoms with van der Waals surface area (Å²) in [7, 11) is 0. The third kappa shape index (κ3) is 3.66. The maximum Gasteiger partial charge on any atom is 0.338 e. The van der Waals surface area contributed by atoms with Crippen molar-refractivity contribution in [2.75, 3.05) is 11.5 Å². The molecular formula is C19H14FNO5. The number of amides is 2.